The van der Waals surface area contributed by atoms with E-state index in [2.05, 4.69) is 55.1 Å². The van der Waals surface area contributed by atoms with Crippen LogP contribution in [0.2, 0.25) is 0 Å². The van der Waals surface area contributed by atoms with E-state index < -0.39 is 0 Å². The highest BCUT2D eigenvalue weighted by atomic mass is 31.0. The average Bonchev–Trinajstić information content (AvgIpc) is 2.56. The zero-order valence-electron chi connectivity index (χ0n) is 16.0. The number of hydrogen-bond acceptors (Lipinski definition) is 0. The molecule has 132 valence electrons. The maximum Gasteiger partial charge on any atom is -0.0156 e. The van der Waals surface area contributed by atoms with E-state index in [9.17, 15) is 0 Å². The number of benzene rings is 1. The van der Waals surface area contributed by atoms with E-state index in [1.165, 1.54) is 69.5 Å². The predicted octanol–water partition coefficient (Wildman–Crippen LogP) is 7.33. The molecule has 0 spiro atoms. The van der Waals surface area contributed by atoms with Crippen LogP contribution in [0.25, 0.3) is 0 Å². The summed E-state index contributed by atoms with van der Waals surface area (Å²) in [7, 11) is 3.02. The summed E-state index contributed by atoms with van der Waals surface area (Å²) in [6, 6.07) is 6.98. The third kappa shape index (κ3) is 6.58. The monoisotopic (exact) mass is 334 g/mol. The molecule has 0 nitrogen and oxygen atoms in total. The number of unbranched alkanes of at least 4 members (excludes halogenated alkanes) is 4. The van der Waals surface area contributed by atoms with Crippen molar-refractivity contribution in [2.24, 2.45) is 0 Å². The van der Waals surface area contributed by atoms with Crippen molar-refractivity contribution in [3.8, 4) is 0 Å². The van der Waals surface area contributed by atoms with Crippen LogP contribution in [0.1, 0.15) is 115 Å². The summed E-state index contributed by atoms with van der Waals surface area (Å²) in [5.74, 6) is 1.49. The lowest BCUT2D eigenvalue weighted by Crippen LogP contribution is -2.15. The van der Waals surface area contributed by atoms with Gasteiger partial charge in [0, 0.05) is 0 Å². The van der Waals surface area contributed by atoms with Gasteiger partial charge in [-0.2, -0.15) is 0 Å². The molecule has 0 amide bonds. The first-order valence-corrected chi connectivity index (χ1v) is 10.6. The molecule has 3 unspecified atom stereocenters. The SMILES string of the molecule is CCCCCC(CC)c1cccc(P)c1C(CC)CCCCC. The summed E-state index contributed by atoms with van der Waals surface area (Å²) in [6.07, 6.45) is 13.4. The Morgan fingerprint density at radius 3 is 1.87 bits per heavy atom. The Labute approximate surface area is 148 Å². The van der Waals surface area contributed by atoms with Crippen molar-refractivity contribution in [2.45, 2.75) is 104 Å². The van der Waals surface area contributed by atoms with Gasteiger partial charge < -0.3 is 0 Å². The van der Waals surface area contributed by atoms with E-state index in [0.29, 0.717) is 0 Å². The van der Waals surface area contributed by atoms with Gasteiger partial charge in [0.2, 0.25) is 0 Å². The van der Waals surface area contributed by atoms with Crippen LogP contribution >= 0.6 is 9.24 Å². The molecule has 1 heteroatoms. The normalized spacial score (nSPS) is 14.0. The molecule has 0 saturated heterocycles. The Hall–Kier alpha value is -0.350. The molecule has 0 radical (unpaired) electrons. The Bertz CT molecular complexity index is 424. The zero-order chi connectivity index (χ0) is 17.1. The van der Waals surface area contributed by atoms with Crippen LogP contribution in [0.3, 0.4) is 0 Å². The highest BCUT2D eigenvalue weighted by molar-refractivity contribution is 7.27. The van der Waals surface area contributed by atoms with Crippen LogP contribution in [0.5, 0.6) is 0 Å². The highest BCUT2D eigenvalue weighted by Crippen LogP contribution is 2.35. The quantitative estimate of drug-likeness (QED) is 0.277. The molecular weight excluding hydrogens is 295 g/mol. The molecular formula is C22H39P. The number of rotatable bonds is 12. The maximum absolute atomic E-state index is 3.02. The summed E-state index contributed by atoms with van der Waals surface area (Å²) in [5.41, 5.74) is 3.32. The van der Waals surface area contributed by atoms with E-state index in [0.717, 1.165) is 11.8 Å². The van der Waals surface area contributed by atoms with Gasteiger partial charge in [-0.15, -0.1) is 9.24 Å². The second-order valence-corrected chi connectivity index (χ2v) is 7.67. The fourth-order valence-corrected chi connectivity index (χ4v) is 4.36. The van der Waals surface area contributed by atoms with Gasteiger partial charge in [0.15, 0.2) is 0 Å². The molecule has 0 saturated carbocycles. The topological polar surface area (TPSA) is 0 Å². The molecule has 0 N–H and O–H groups in total. The first-order chi connectivity index (χ1) is 11.2. The van der Waals surface area contributed by atoms with Crippen molar-refractivity contribution >= 4 is 14.5 Å². The molecule has 0 bridgehead atoms. The minimum Gasteiger partial charge on any atom is -0.105 e. The van der Waals surface area contributed by atoms with Gasteiger partial charge in [0.25, 0.3) is 0 Å². The molecule has 0 aromatic heterocycles. The lowest BCUT2D eigenvalue weighted by atomic mass is 9.81. The van der Waals surface area contributed by atoms with Crippen molar-refractivity contribution in [3.05, 3.63) is 29.3 Å². The number of hydrogen-bond donors (Lipinski definition) is 0. The Balaban J connectivity index is 2.99. The van der Waals surface area contributed by atoms with Crippen molar-refractivity contribution in [2.75, 3.05) is 0 Å². The smallest absolute Gasteiger partial charge is 0.0156 e. The molecule has 1 aromatic rings. The van der Waals surface area contributed by atoms with Crippen LogP contribution in [-0.4, -0.2) is 0 Å². The van der Waals surface area contributed by atoms with Gasteiger partial charge in [0.05, 0.1) is 0 Å². The van der Waals surface area contributed by atoms with Crippen molar-refractivity contribution in [3.63, 3.8) is 0 Å². The Morgan fingerprint density at radius 2 is 1.35 bits per heavy atom. The summed E-state index contributed by atoms with van der Waals surface area (Å²) in [5, 5.41) is 1.44. The molecule has 0 aliphatic rings. The van der Waals surface area contributed by atoms with Gasteiger partial charge in [-0.25, -0.2) is 0 Å². The van der Waals surface area contributed by atoms with Gasteiger partial charge in [-0.1, -0.05) is 84.4 Å². The van der Waals surface area contributed by atoms with Gasteiger partial charge >= 0.3 is 0 Å². The molecule has 0 heterocycles. The summed E-state index contributed by atoms with van der Waals surface area (Å²) in [6.45, 7) is 9.34. The van der Waals surface area contributed by atoms with E-state index >= 15 is 0 Å². The lowest BCUT2D eigenvalue weighted by molar-refractivity contribution is 0.523. The third-order valence-electron chi connectivity index (χ3n) is 5.32. The van der Waals surface area contributed by atoms with E-state index in [-0.39, 0.29) is 0 Å². The summed E-state index contributed by atoms with van der Waals surface area (Å²) in [4.78, 5) is 0. The minimum atomic E-state index is 0.741. The van der Waals surface area contributed by atoms with E-state index in [1.54, 1.807) is 11.1 Å². The minimum absolute atomic E-state index is 0.741. The lowest BCUT2D eigenvalue weighted by Gasteiger charge is -2.26. The van der Waals surface area contributed by atoms with Crippen molar-refractivity contribution in [1.29, 1.82) is 0 Å². The van der Waals surface area contributed by atoms with Gasteiger partial charge in [-0.05, 0) is 54.0 Å². The van der Waals surface area contributed by atoms with Crippen LogP contribution in [0.4, 0.5) is 0 Å². The fourth-order valence-electron chi connectivity index (χ4n) is 3.84. The second-order valence-electron chi connectivity index (χ2n) is 7.05. The molecule has 0 fully saturated rings. The fraction of sp³-hybridized carbons (Fsp3) is 0.727. The Morgan fingerprint density at radius 1 is 0.783 bits per heavy atom. The standard InChI is InChI=1S/C22H39P/c1-5-9-11-14-18(7-3)20-16-13-17-21(23)22(20)19(8-4)15-12-10-6-2/h13,16-19H,5-12,14-15,23H2,1-4H3. The second kappa shape index (κ2) is 12.1. The summed E-state index contributed by atoms with van der Waals surface area (Å²) < 4.78 is 0. The molecule has 1 aromatic carbocycles. The van der Waals surface area contributed by atoms with Gasteiger partial charge in [-0.3, -0.25) is 0 Å². The van der Waals surface area contributed by atoms with E-state index in [1.807, 2.05) is 0 Å². The molecule has 1 rings (SSSR count). The molecule has 0 aliphatic heterocycles. The molecule has 23 heavy (non-hydrogen) atoms. The predicted molar refractivity (Wildman–Crippen MR) is 110 cm³/mol. The van der Waals surface area contributed by atoms with Gasteiger partial charge in [0.1, 0.15) is 0 Å². The van der Waals surface area contributed by atoms with Crippen LogP contribution < -0.4 is 5.30 Å². The van der Waals surface area contributed by atoms with Crippen LogP contribution in [0, 0.1) is 0 Å². The Kier molecular flexibility index (Phi) is 10.9. The average molecular weight is 335 g/mol. The van der Waals surface area contributed by atoms with Crippen molar-refractivity contribution in [1.82, 2.24) is 0 Å². The summed E-state index contributed by atoms with van der Waals surface area (Å²) >= 11 is 0. The molecule has 3 atom stereocenters. The van der Waals surface area contributed by atoms with Crippen molar-refractivity contribution < 1.29 is 0 Å². The first-order valence-electron chi connectivity index (χ1n) is 10.1. The van der Waals surface area contributed by atoms with E-state index in [4.69, 9.17) is 0 Å². The third-order valence-corrected chi connectivity index (χ3v) is 5.82. The maximum atomic E-state index is 3.02. The molecule has 0 aliphatic carbocycles. The zero-order valence-corrected chi connectivity index (χ0v) is 17.2. The van der Waals surface area contributed by atoms with Crippen LogP contribution in [0.15, 0.2) is 18.2 Å². The van der Waals surface area contributed by atoms with Crippen LogP contribution in [-0.2, 0) is 0 Å². The first kappa shape index (κ1) is 20.7. The largest absolute Gasteiger partial charge is 0.105 e. The highest BCUT2D eigenvalue weighted by Gasteiger charge is 2.20.